The Balaban J connectivity index is 1.36. The molecular weight excluding hydrogens is 428 g/mol. The minimum Gasteiger partial charge on any atom is -0.459 e. The number of piperazine rings is 1. The Morgan fingerprint density at radius 2 is 1.76 bits per heavy atom. The van der Waals surface area contributed by atoms with Crippen molar-refractivity contribution in [1.82, 2.24) is 14.9 Å². The molecule has 2 aromatic heterocycles. The van der Waals surface area contributed by atoms with Crippen LogP contribution in [0, 0.1) is 6.92 Å². The summed E-state index contributed by atoms with van der Waals surface area (Å²) in [5.74, 6) is 2.00. The highest BCUT2D eigenvalue weighted by Crippen LogP contribution is 2.30. The molecule has 0 atom stereocenters. The molecular formula is C26H32N6O2. The van der Waals surface area contributed by atoms with Gasteiger partial charge in [0.15, 0.2) is 5.76 Å². The maximum absolute atomic E-state index is 12.9. The molecule has 1 aromatic carbocycles. The molecule has 0 bridgehead atoms. The number of furan rings is 1. The molecule has 0 saturated carbocycles. The Labute approximate surface area is 200 Å². The number of aryl methyl sites for hydroxylation is 1. The summed E-state index contributed by atoms with van der Waals surface area (Å²) >= 11 is 0. The third-order valence-corrected chi connectivity index (χ3v) is 6.84. The molecule has 3 aromatic rings. The second-order valence-electron chi connectivity index (χ2n) is 9.05. The number of amides is 1. The molecule has 1 amide bonds. The number of nitrogens with zero attached hydrogens (tertiary/aromatic N) is 6. The van der Waals surface area contributed by atoms with Crippen LogP contribution in [0.25, 0.3) is 0 Å². The number of anilines is 3. The van der Waals surface area contributed by atoms with Crippen molar-refractivity contribution in [1.29, 1.82) is 0 Å². The molecule has 0 aliphatic carbocycles. The van der Waals surface area contributed by atoms with Crippen LogP contribution < -0.4 is 14.7 Å². The lowest BCUT2D eigenvalue weighted by Gasteiger charge is -2.37. The van der Waals surface area contributed by atoms with E-state index in [0.717, 1.165) is 55.7 Å². The minimum atomic E-state index is -0.0861. The first kappa shape index (κ1) is 22.3. The van der Waals surface area contributed by atoms with Crippen LogP contribution >= 0.6 is 0 Å². The van der Waals surface area contributed by atoms with Crippen molar-refractivity contribution in [3.63, 3.8) is 0 Å². The molecule has 1 fully saturated rings. The van der Waals surface area contributed by atoms with E-state index in [0.29, 0.717) is 25.3 Å². The second kappa shape index (κ2) is 9.37. The van der Waals surface area contributed by atoms with Gasteiger partial charge in [0.1, 0.15) is 5.82 Å². The van der Waals surface area contributed by atoms with E-state index >= 15 is 0 Å². The molecule has 0 spiro atoms. The normalized spacial score (nSPS) is 15.9. The Morgan fingerprint density at radius 1 is 1.03 bits per heavy atom. The SMILES string of the molecule is CCN(C)c1nc(N2CCN(c3ccc(C)cc3)CC2)nc2c1CN(C(=O)c1ccco1)CC2. The van der Waals surface area contributed by atoms with Gasteiger partial charge in [-0.3, -0.25) is 4.79 Å². The lowest BCUT2D eigenvalue weighted by Crippen LogP contribution is -2.47. The second-order valence-corrected chi connectivity index (χ2v) is 9.05. The quantitative estimate of drug-likeness (QED) is 0.578. The van der Waals surface area contributed by atoms with Gasteiger partial charge in [0.05, 0.1) is 18.5 Å². The number of carbonyl (C=O) groups is 1. The molecule has 0 N–H and O–H groups in total. The lowest BCUT2D eigenvalue weighted by molar-refractivity contribution is 0.0701. The van der Waals surface area contributed by atoms with Gasteiger partial charge in [-0.1, -0.05) is 17.7 Å². The summed E-state index contributed by atoms with van der Waals surface area (Å²) in [6.07, 6.45) is 2.25. The largest absolute Gasteiger partial charge is 0.459 e. The van der Waals surface area contributed by atoms with E-state index in [4.69, 9.17) is 14.4 Å². The highest BCUT2D eigenvalue weighted by atomic mass is 16.3. The first-order valence-corrected chi connectivity index (χ1v) is 12.0. The average molecular weight is 461 g/mol. The summed E-state index contributed by atoms with van der Waals surface area (Å²) < 4.78 is 5.34. The highest BCUT2D eigenvalue weighted by molar-refractivity contribution is 5.91. The smallest absolute Gasteiger partial charge is 0.289 e. The predicted molar refractivity (Wildman–Crippen MR) is 134 cm³/mol. The van der Waals surface area contributed by atoms with Crippen molar-refractivity contribution in [3.05, 3.63) is 65.2 Å². The zero-order chi connectivity index (χ0) is 23.7. The van der Waals surface area contributed by atoms with E-state index < -0.39 is 0 Å². The standard InChI is InChI=1S/C26H32N6O2/c1-4-29(3)24-21-18-32(25(33)23-6-5-17-34-23)12-11-22(21)27-26(28-24)31-15-13-30(14-16-31)20-9-7-19(2)8-10-20/h5-10,17H,4,11-16,18H2,1-3H3. The zero-order valence-corrected chi connectivity index (χ0v) is 20.2. The highest BCUT2D eigenvalue weighted by Gasteiger charge is 2.30. The van der Waals surface area contributed by atoms with E-state index in [1.807, 2.05) is 4.90 Å². The zero-order valence-electron chi connectivity index (χ0n) is 20.2. The molecule has 178 valence electrons. The first-order valence-electron chi connectivity index (χ1n) is 12.0. The van der Waals surface area contributed by atoms with Gasteiger partial charge < -0.3 is 24.0 Å². The monoisotopic (exact) mass is 460 g/mol. The van der Waals surface area contributed by atoms with Gasteiger partial charge in [-0.25, -0.2) is 4.98 Å². The maximum atomic E-state index is 12.9. The van der Waals surface area contributed by atoms with E-state index in [2.05, 4.69) is 59.9 Å². The third kappa shape index (κ3) is 4.32. The summed E-state index contributed by atoms with van der Waals surface area (Å²) in [7, 11) is 2.05. The van der Waals surface area contributed by atoms with Crippen molar-refractivity contribution in [2.75, 3.05) is 61.0 Å². The number of aromatic nitrogens is 2. The summed E-state index contributed by atoms with van der Waals surface area (Å²) in [4.78, 5) is 31.6. The van der Waals surface area contributed by atoms with Crippen molar-refractivity contribution in [2.45, 2.75) is 26.8 Å². The molecule has 34 heavy (non-hydrogen) atoms. The van der Waals surface area contributed by atoms with Crippen LogP contribution in [0.15, 0.2) is 47.1 Å². The van der Waals surface area contributed by atoms with Crippen LogP contribution in [-0.4, -0.2) is 67.1 Å². The Morgan fingerprint density at radius 3 is 2.44 bits per heavy atom. The van der Waals surface area contributed by atoms with Crippen LogP contribution in [0.4, 0.5) is 17.5 Å². The minimum absolute atomic E-state index is 0.0861. The fraction of sp³-hybridized carbons (Fsp3) is 0.423. The Kier molecular flexibility index (Phi) is 6.13. The molecule has 2 aliphatic heterocycles. The van der Waals surface area contributed by atoms with E-state index in [9.17, 15) is 4.79 Å². The third-order valence-electron chi connectivity index (χ3n) is 6.84. The molecule has 8 heteroatoms. The Hall–Kier alpha value is -3.55. The summed E-state index contributed by atoms with van der Waals surface area (Å²) in [5.41, 5.74) is 4.63. The van der Waals surface area contributed by atoms with Gasteiger partial charge in [0.25, 0.3) is 5.91 Å². The topological polar surface area (TPSA) is 69.0 Å². The van der Waals surface area contributed by atoms with E-state index in [-0.39, 0.29) is 5.91 Å². The van der Waals surface area contributed by atoms with Crippen molar-refractivity contribution < 1.29 is 9.21 Å². The Bertz CT molecular complexity index is 1140. The number of fused-ring (bicyclic) bond motifs is 1. The molecule has 4 heterocycles. The fourth-order valence-corrected chi connectivity index (χ4v) is 4.64. The number of carbonyl (C=O) groups excluding carboxylic acids is 1. The van der Waals surface area contributed by atoms with E-state index in [1.54, 1.807) is 12.1 Å². The molecule has 1 saturated heterocycles. The van der Waals surface area contributed by atoms with Gasteiger partial charge in [-0.2, -0.15) is 4.98 Å². The van der Waals surface area contributed by atoms with Gasteiger partial charge >= 0.3 is 0 Å². The molecule has 2 aliphatic rings. The van der Waals surface area contributed by atoms with Gasteiger partial charge in [0, 0.05) is 64.0 Å². The van der Waals surface area contributed by atoms with Crippen LogP contribution in [-0.2, 0) is 13.0 Å². The number of hydrogen-bond acceptors (Lipinski definition) is 7. The predicted octanol–water partition coefficient (Wildman–Crippen LogP) is 3.36. The van der Waals surface area contributed by atoms with Crippen molar-refractivity contribution >= 4 is 23.4 Å². The number of benzene rings is 1. The van der Waals surface area contributed by atoms with Gasteiger partial charge in [0.2, 0.25) is 5.95 Å². The van der Waals surface area contributed by atoms with Crippen LogP contribution in [0.3, 0.4) is 0 Å². The summed E-state index contributed by atoms with van der Waals surface area (Å²) in [6.45, 7) is 9.82. The molecule has 8 nitrogen and oxygen atoms in total. The van der Waals surface area contributed by atoms with E-state index in [1.165, 1.54) is 17.5 Å². The molecule has 0 unspecified atom stereocenters. The van der Waals surface area contributed by atoms with Crippen molar-refractivity contribution in [2.24, 2.45) is 0 Å². The van der Waals surface area contributed by atoms with Gasteiger partial charge in [-0.05, 0) is 38.1 Å². The summed E-state index contributed by atoms with van der Waals surface area (Å²) in [5, 5.41) is 0. The number of hydrogen-bond donors (Lipinski definition) is 0. The summed E-state index contributed by atoms with van der Waals surface area (Å²) in [6, 6.07) is 12.2. The van der Waals surface area contributed by atoms with Crippen molar-refractivity contribution in [3.8, 4) is 0 Å². The molecule has 0 radical (unpaired) electrons. The van der Waals surface area contributed by atoms with Crippen LogP contribution in [0.2, 0.25) is 0 Å². The lowest BCUT2D eigenvalue weighted by atomic mass is 10.1. The number of rotatable bonds is 5. The maximum Gasteiger partial charge on any atom is 0.289 e. The average Bonchev–Trinajstić information content (AvgIpc) is 3.42. The van der Waals surface area contributed by atoms with Crippen LogP contribution in [0.1, 0.15) is 34.3 Å². The van der Waals surface area contributed by atoms with Gasteiger partial charge in [-0.15, -0.1) is 0 Å². The fourth-order valence-electron chi connectivity index (χ4n) is 4.64. The molecule has 5 rings (SSSR count). The van der Waals surface area contributed by atoms with Crippen LogP contribution in [0.5, 0.6) is 0 Å². The first-order chi connectivity index (χ1) is 16.5.